The van der Waals surface area contributed by atoms with Gasteiger partial charge in [-0.1, -0.05) is 12.1 Å². The molecule has 2 aromatic heterocycles. The first-order valence-corrected chi connectivity index (χ1v) is 7.46. The largest absolute Gasteiger partial charge is 0.352 e. The zero-order valence-corrected chi connectivity index (χ0v) is 13.1. The average Bonchev–Trinajstić information content (AvgIpc) is 3.07. The van der Waals surface area contributed by atoms with E-state index in [0.717, 1.165) is 16.7 Å². The van der Waals surface area contributed by atoms with E-state index in [4.69, 9.17) is 0 Å². The molecule has 6 nitrogen and oxygen atoms in total. The SMILES string of the molecule is Cc1nn(C)c2cnn(CCCNC(=O)c3ccccc3F)c12. The summed E-state index contributed by atoms with van der Waals surface area (Å²) in [6, 6.07) is 5.95. The number of hydrogen-bond acceptors (Lipinski definition) is 3. The van der Waals surface area contributed by atoms with Crippen molar-refractivity contribution in [1.82, 2.24) is 24.9 Å². The summed E-state index contributed by atoms with van der Waals surface area (Å²) in [5, 5.41) is 11.4. The third kappa shape index (κ3) is 2.94. The topological polar surface area (TPSA) is 64.7 Å². The molecule has 120 valence electrons. The van der Waals surface area contributed by atoms with Crippen LogP contribution in [0, 0.1) is 12.7 Å². The van der Waals surface area contributed by atoms with Crippen molar-refractivity contribution in [2.24, 2.45) is 7.05 Å². The Labute approximate surface area is 132 Å². The van der Waals surface area contributed by atoms with Crippen LogP contribution in [0.4, 0.5) is 4.39 Å². The number of nitrogens with zero attached hydrogens (tertiary/aromatic N) is 4. The number of fused-ring (bicyclic) bond motifs is 1. The number of hydrogen-bond donors (Lipinski definition) is 1. The fraction of sp³-hybridized carbons (Fsp3) is 0.312. The molecule has 23 heavy (non-hydrogen) atoms. The number of aryl methyl sites for hydroxylation is 3. The standard InChI is InChI=1S/C16H18FN5O/c1-11-15-14(21(2)20-11)10-19-22(15)9-5-8-18-16(23)12-6-3-4-7-13(12)17/h3-4,6-7,10H,5,8-9H2,1-2H3,(H,18,23). The molecule has 0 aliphatic carbocycles. The molecule has 0 bridgehead atoms. The third-order valence-corrected chi connectivity index (χ3v) is 3.76. The molecule has 3 rings (SSSR count). The Morgan fingerprint density at radius 3 is 2.91 bits per heavy atom. The van der Waals surface area contributed by atoms with Crippen molar-refractivity contribution in [3.63, 3.8) is 0 Å². The Balaban J connectivity index is 1.57. The van der Waals surface area contributed by atoms with Gasteiger partial charge in [-0.05, 0) is 25.5 Å². The number of carbonyl (C=O) groups excluding carboxylic acids is 1. The Morgan fingerprint density at radius 2 is 2.13 bits per heavy atom. The van der Waals surface area contributed by atoms with E-state index in [1.807, 2.05) is 18.7 Å². The van der Waals surface area contributed by atoms with Gasteiger partial charge in [0.25, 0.3) is 5.91 Å². The van der Waals surface area contributed by atoms with Crippen molar-refractivity contribution in [2.75, 3.05) is 6.54 Å². The maximum absolute atomic E-state index is 13.5. The van der Waals surface area contributed by atoms with Crippen LogP contribution >= 0.6 is 0 Å². The molecule has 0 unspecified atom stereocenters. The first kappa shape index (κ1) is 15.2. The van der Waals surface area contributed by atoms with Crippen molar-refractivity contribution in [2.45, 2.75) is 19.9 Å². The molecule has 0 fully saturated rings. The smallest absolute Gasteiger partial charge is 0.254 e. The molecule has 1 aromatic carbocycles. The highest BCUT2D eigenvalue weighted by molar-refractivity contribution is 5.94. The van der Waals surface area contributed by atoms with Crippen LogP contribution in [0.1, 0.15) is 22.5 Å². The molecule has 3 aromatic rings. The van der Waals surface area contributed by atoms with Crippen LogP contribution in [-0.2, 0) is 13.6 Å². The minimum absolute atomic E-state index is 0.0667. The molecule has 1 N–H and O–H groups in total. The molecular formula is C16H18FN5O. The summed E-state index contributed by atoms with van der Waals surface area (Å²) in [6.45, 7) is 3.06. The van der Waals surface area contributed by atoms with E-state index in [9.17, 15) is 9.18 Å². The summed E-state index contributed by atoms with van der Waals surface area (Å²) < 4.78 is 17.2. The fourth-order valence-electron chi connectivity index (χ4n) is 2.65. The average molecular weight is 315 g/mol. The second-order valence-corrected chi connectivity index (χ2v) is 5.40. The fourth-order valence-corrected chi connectivity index (χ4v) is 2.65. The molecular weight excluding hydrogens is 297 g/mol. The predicted molar refractivity (Wildman–Crippen MR) is 84.6 cm³/mol. The lowest BCUT2D eigenvalue weighted by Gasteiger charge is -2.06. The molecule has 0 saturated carbocycles. The van der Waals surface area contributed by atoms with E-state index in [2.05, 4.69) is 15.5 Å². The molecule has 0 radical (unpaired) electrons. The van der Waals surface area contributed by atoms with Gasteiger partial charge in [-0.25, -0.2) is 4.39 Å². The highest BCUT2D eigenvalue weighted by atomic mass is 19.1. The molecule has 7 heteroatoms. The van der Waals surface area contributed by atoms with E-state index in [1.54, 1.807) is 23.0 Å². The van der Waals surface area contributed by atoms with Gasteiger partial charge in [0.05, 0.1) is 17.5 Å². The van der Waals surface area contributed by atoms with Crippen LogP contribution in [0.3, 0.4) is 0 Å². The Kier molecular flexibility index (Phi) is 4.10. The van der Waals surface area contributed by atoms with Crippen LogP contribution in [0.2, 0.25) is 0 Å². The Bertz CT molecular complexity index is 851. The first-order chi connectivity index (χ1) is 11.1. The number of rotatable bonds is 5. The van der Waals surface area contributed by atoms with Crippen LogP contribution in [-0.4, -0.2) is 32.0 Å². The molecule has 0 saturated heterocycles. The van der Waals surface area contributed by atoms with Gasteiger partial charge in [0.2, 0.25) is 0 Å². The number of amides is 1. The summed E-state index contributed by atoms with van der Waals surface area (Å²) in [5.74, 6) is -0.906. The zero-order valence-electron chi connectivity index (χ0n) is 13.1. The predicted octanol–water partition coefficient (Wildman–Crippen LogP) is 2.04. The number of nitrogens with one attached hydrogen (secondary N) is 1. The minimum atomic E-state index is -0.509. The number of benzene rings is 1. The van der Waals surface area contributed by atoms with Crippen LogP contribution in [0.15, 0.2) is 30.5 Å². The van der Waals surface area contributed by atoms with Crippen molar-refractivity contribution in [3.05, 3.63) is 47.5 Å². The Hall–Kier alpha value is -2.70. The van der Waals surface area contributed by atoms with E-state index < -0.39 is 11.7 Å². The van der Waals surface area contributed by atoms with Crippen molar-refractivity contribution in [3.8, 4) is 0 Å². The van der Waals surface area contributed by atoms with Gasteiger partial charge < -0.3 is 5.32 Å². The van der Waals surface area contributed by atoms with Crippen molar-refractivity contribution < 1.29 is 9.18 Å². The summed E-state index contributed by atoms with van der Waals surface area (Å²) in [4.78, 5) is 11.9. The molecule has 0 spiro atoms. The normalized spacial score (nSPS) is 11.1. The van der Waals surface area contributed by atoms with Gasteiger partial charge in [-0.15, -0.1) is 0 Å². The van der Waals surface area contributed by atoms with Gasteiger partial charge in [0.15, 0.2) is 0 Å². The highest BCUT2D eigenvalue weighted by Crippen LogP contribution is 2.16. The minimum Gasteiger partial charge on any atom is -0.352 e. The maximum atomic E-state index is 13.5. The highest BCUT2D eigenvalue weighted by Gasteiger charge is 2.12. The number of carbonyl (C=O) groups is 1. The Morgan fingerprint density at radius 1 is 1.35 bits per heavy atom. The number of aromatic nitrogens is 4. The maximum Gasteiger partial charge on any atom is 0.254 e. The number of halogens is 1. The van der Waals surface area contributed by atoms with Crippen molar-refractivity contribution >= 4 is 16.9 Å². The molecule has 2 heterocycles. The lowest BCUT2D eigenvalue weighted by molar-refractivity contribution is 0.0948. The molecule has 1 amide bonds. The molecule has 0 aliphatic rings. The van der Waals surface area contributed by atoms with Crippen LogP contribution < -0.4 is 5.32 Å². The molecule has 0 atom stereocenters. The van der Waals surface area contributed by atoms with Crippen molar-refractivity contribution in [1.29, 1.82) is 0 Å². The van der Waals surface area contributed by atoms with E-state index in [-0.39, 0.29) is 5.56 Å². The zero-order chi connectivity index (χ0) is 16.4. The van der Waals surface area contributed by atoms with E-state index in [0.29, 0.717) is 19.5 Å². The third-order valence-electron chi connectivity index (χ3n) is 3.76. The van der Waals surface area contributed by atoms with Crippen LogP contribution in [0.5, 0.6) is 0 Å². The monoisotopic (exact) mass is 315 g/mol. The molecule has 0 aliphatic heterocycles. The lowest BCUT2D eigenvalue weighted by Crippen LogP contribution is -2.26. The van der Waals surface area contributed by atoms with Crippen LogP contribution in [0.25, 0.3) is 11.0 Å². The van der Waals surface area contributed by atoms with Gasteiger partial charge in [0, 0.05) is 20.1 Å². The van der Waals surface area contributed by atoms with Gasteiger partial charge in [0.1, 0.15) is 16.9 Å². The van der Waals surface area contributed by atoms with E-state index in [1.165, 1.54) is 12.1 Å². The van der Waals surface area contributed by atoms with Gasteiger partial charge >= 0.3 is 0 Å². The quantitative estimate of drug-likeness (QED) is 0.733. The van der Waals surface area contributed by atoms with Gasteiger partial charge in [-0.2, -0.15) is 10.2 Å². The second kappa shape index (κ2) is 6.20. The summed E-state index contributed by atoms with van der Waals surface area (Å²) in [7, 11) is 1.88. The van der Waals surface area contributed by atoms with E-state index >= 15 is 0 Å². The first-order valence-electron chi connectivity index (χ1n) is 7.46. The van der Waals surface area contributed by atoms with Gasteiger partial charge in [-0.3, -0.25) is 14.2 Å². The summed E-state index contributed by atoms with van der Waals surface area (Å²) in [6.07, 6.45) is 2.48. The summed E-state index contributed by atoms with van der Waals surface area (Å²) >= 11 is 0. The summed E-state index contributed by atoms with van der Waals surface area (Å²) in [5.41, 5.74) is 2.98. The second-order valence-electron chi connectivity index (χ2n) is 5.40. The lowest BCUT2D eigenvalue weighted by atomic mass is 10.2.